The molecule has 2 rings (SSSR count). The van der Waals surface area contributed by atoms with E-state index in [4.69, 9.17) is 16.3 Å². The van der Waals surface area contributed by atoms with Gasteiger partial charge >= 0.3 is 5.97 Å². The van der Waals surface area contributed by atoms with Crippen LogP contribution in [0.4, 0.5) is 5.82 Å². The molecule has 1 N–H and O–H groups in total. The molecular formula is C16H20ClN5O2. The highest BCUT2D eigenvalue weighted by Crippen LogP contribution is 2.22. The van der Waals surface area contributed by atoms with Crippen molar-refractivity contribution in [1.82, 2.24) is 19.7 Å². The van der Waals surface area contributed by atoms with Crippen LogP contribution in [0.2, 0.25) is 5.15 Å². The minimum absolute atomic E-state index is 0.167. The Morgan fingerprint density at radius 1 is 1.33 bits per heavy atom. The molecule has 0 bridgehead atoms. The van der Waals surface area contributed by atoms with Crippen LogP contribution in [0.3, 0.4) is 0 Å². The van der Waals surface area contributed by atoms with Gasteiger partial charge in [0, 0.05) is 23.9 Å². The molecular weight excluding hydrogens is 330 g/mol. The number of esters is 1. The van der Waals surface area contributed by atoms with E-state index in [0.29, 0.717) is 16.8 Å². The maximum Gasteiger partial charge on any atom is 0.332 e. The summed E-state index contributed by atoms with van der Waals surface area (Å²) < 4.78 is 6.44. The fourth-order valence-electron chi connectivity index (χ4n) is 1.88. The van der Waals surface area contributed by atoms with Gasteiger partial charge in [-0.1, -0.05) is 11.6 Å². The van der Waals surface area contributed by atoms with Crippen molar-refractivity contribution in [3.8, 4) is 11.4 Å². The lowest BCUT2D eigenvalue weighted by atomic mass is 10.2. The molecule has 0 unspecified atom stereocenters. The molecule has 0 spiro atoms. The molecule has 2 aromatic rings. The Hall–Kier alpha value is -2.41. The third-order valence-corrected chi connectivity index (χ3v) is 2.91. The Morgan fingerprint density at radius 3 is 2.75 bits per heavy atom. The van der Waals surface area contributed by atoms with E-state index in [0.717, 1.165) is 5.56 Å². The van der Waals surface area contributed by atoms with Gasteiger partial charge < -0.3 is 10.1 Å². The Morgan fingerprint density at radius 2 is 2.08 bits per heavy atom. The van der Waals surface area contributed by atoms with Crippen molar-refractivity contribution >= 4 is 29.6 Å². The SMILES string of the molecule is CC(C)Nc1cc(-c2ncn(C=CC(=O)OC(C)C)n2)cc(Cl)n1. The van der Waals surface area contributed by atoms with Crippen molar-refractivity contribution in [2.75, 3.05) is 5.32 Å². The van der Waals surface area contributed by atoms with Crippen molar-refractivity contribution in [2.45, 2.75) is 39.8 Å². The molecule has 0 atom stereocenters. The molecule has 0 fully saturated rings. The first-order valence-electron chi connectivity index (χ1n) is 7.58. The third kappa shape index (κ3) is 5.34. The largest absolute Gasteiger partial charge is 0.460 e. The number of anilines is 1. The number of nitrogens with zero attached hydrogens (tertiary/aromatic N) is 4. The topological polar surface area (TPSA) is 81.9 Å². The van der Waals surface area contributed by atoms with Crippen molar-refractivity contribution in [3.05, 3.63) is 29.7 Å². The van der Waals surface area contributed by atoms with Crippen molar-refractivity contribution < 1.29 is 9.53 Å². The van der Waals surface area contributed by atoms with Gasteiger partial charge in [0.15, 0.2) is 5.82 Å². The van der Waals surface area contributed by atoms with Gasteiger partial charge in [0.1, 0.15) is 17.3 Å². The zero-order valence-electron chi connectivity index (χ0n) is 14.0. The number of pyridine rings is 1. The minimum atomic E-state index is -0.433. The van der Waals surface area contributed by atoms with Crippen LogP contribution >= 0.6 is 11.6 Å². The standard InChI is InChI=1S/C16H20ClN5O2/c1-10(2)19-14-8-12(7-13(17)20-14)16-18-9-22(21-16)6-5-15(23)24-11(3)4/h5-11H,1-4H3,(H,19,20). The highest BCUT2D eigenvalue weighted by Gasteiger charge is 2.09. The fraction of sp³-hybridized carbons (Fsp3) is 0.375. The molecule has 8 heteroatoms. The summed E-state index contributed by atoms with van der Waals surface area (Å²) in [4.78, 5) is 19.9. The summed E-state index contributed by atoms with van der Waals surface area (Å²) in [5, 5.41) is 7.83. The van der Waals surface area contributed by atoms with Gasteiger partial charge in [-0.05, 0) is 39.8 Å². The minimum Gasteiger partial charge on any atom is -0.460 e. The van der Waals surface area contributed by atoms with Crippen molar-refractivity contribution in [1.29, 1.82) is 0 Å². The number of hydrogen-bond acceptors (Lipinski definition) is 6. The molecule has 7 nitrogen and oxygen atoms in total. The smallest absolute Gasteiger partial charge is 0.332 e. The summed E-state index contributed by atoms with van der Waals surface area (Å²) in [6.07, 6.45) is 4.11. The van der Waals surface area contributed by atoms with E-state index in [9.17, 15) is 4.79 Å². The number of aromatic nitrogens is 4. The molecule has 0 aliphatic carbocycles. The molecule has 0 radical (unpaired) electrons. The Bertz CT molecular complexity index is 740. The summed E-state index contributed by atoms with van der Waals surface area (Å²) in [6.45, 7) is 7.59. The number of rotatable bonds is 6. The second-order valence-corrected chi connectivity index (χ2v) is 6.10. The van der Waals surface area contributed by atoms with E-state index in [-0.39, 0.29) is 12.1 Å². The van der Waals surface area contributed by atoms with Gasteiger partial charge in [-0.3, -0.25) is 0 Å². The second-order valence-electron chi connectivity index (χ2n) is 5.71. The average molecular weight is 350 g/mol. The van der Waals surface area contributed by atoms with Crippen LogP contribution in [-0.2, 0) is 9.53 Å². The normalized spacial score (nSPS) is 11.5. The first-order valence-corrected chi connectivity index (χ1v) is 7.95. The van der Waals surface area contributed by atoms with Gasteiger partial charge in [0.05, 0.1) is 6.10 Å². The van der Waals surface area contributed by atoms with Gasteiger partial charge in [0.2, 0.25) is 0 Å². The zero-order chi connectivity index (χ0) is 17.7. The van der Waals surface area contributed by atoms with Crippen LogP contribution in [0.5, 0.6) is 0 Å². The Kier molecular flexibility index (Phi) is 5.92. The summed E-state index contributed by atoms with van der Waals surface area (Å²) in [5.41, 5.74) is 0.732. The van der Waals surface area contributed by atoms with Gasteiger partial charge in [-0.15, -0.1) is 5.10 Å². The van der Waals surface area contributed by atoms with Crippen LogP contribution in [0.15, 0.2) is 24.5 Å². The Labute approximate surface area is 145 Å². The Balaban J connectivity index is 2.17. The van der Waals surface area contributed by atoms with Crippen LogP contribution in [0.1, 0.15) is 27.7 Å². The number of carbonyl (C=O) groups is 1. The molecule has 0 saturated carbocycles. The maximum absolute atomic E-state index is 11.5. The van der Waals surface area contributed by atoms with E-state index in [2.05, 4.69) is 20.4 Å². The monoisotopic (exact) mass is 349 g/mol. The molecule has 2 aromatic heterocycles. The third-order valence-electron chi connectivity index (χ3n) is 2.71. The summed E-state index contributed by atoms with van der Waals surface area (Å²) in [6, 6.07) is 3.73. The van der Waals surface area contributed by atoms with Crippen LogP contribution < -0.4 is 5.32 Å². The van der Waals surface area contributed by atoms with E-state index in [1.54, 1.807) is 19.9 Å². The molecule has 0 aromatic carbocycles. The molecule has 0 aliphatic heterocycles. The van der Waals surface area contributed by atoms with Crippen molar-refractivity contribution in [2.24, 2.45) is 0 Å². The lowest BCUT2D eigenvalue weighted by Gasteiger charge is -2.09. The average Bonchev–Trinajstić information content (AvgIpc) is 2.92. The molecule has 0 aliphatic rings. The van der Waals surface area contributed by atoms with E-state index in [1.165, 1.54) is 23.3 Å². The predicted molar refractivity (Wildman–Crippen MR) is 93.6 cm³/mol. The highest BCUT2D eigenvalue weighted by molar-refractivity contribution is 6.29. The number of nitrogens with one attached hydrogen (secondary N) is 1. The predicted octanol–water partition coefficient (Wildman–Crippen LogP) is 3.24. The van der Waals surface area contributed by atoms with E-state index < -0.39 is 5.97 Å². The fourth-order valence-corrected chi connectivity index (χ4v) is 2.09. The summed E-state index contributed by atoms with van der Waals surface area (Å²) >= 11 is 6.05. The first kappa shape index (κ1) is 17.9. The van der Waals surface area contributed by atoms with E-state index in [1.807, 2.05) is 19.9 Å². The maximum atomic E-state index is 11.5. The molecule has 2 heterocycles. The molecule has 24 heavy (non-hydrogen) atoms. The summed E-state index contributed by atoms with van der Waals surface area (Å²) in [7, 11) is 0. The zero-order valence-corrected chi connectivity index (χ0v) is 14.8. The second kappa shape index (κ2) is 7.92. The van der Waals surface area contributed by atoms with Crippen LogP contribution in [-0.4, -0.2) is 37.9 Å². The van der Waals surface area contributed by atoms with Crippen LogP contribution in [0.25, 0.3) is 17.6 Å². The number of carbonyl (C=O) groups excluding carboxylic acids is 1. The van der Waals surface area contributed by atoms with Gasteiger partial charge in [-0.2, -0.15) is 0 Å². The molecule has 0 saturated heterocycles. The van der Waals surface area contributed by atoms with E-state index >= 15 is 0 Å². The molecule has 0 amide bonds. The lowest BCUT2D eigenvalue weighted by molar-refractivity contribution is -0.141. The highest BCUT2D eigenvalue weighted by atomic mass is 35.5. The number of ether oxygens (including phenoxy) is 1. The quantitative estimate of drug-likeness (QED) is 0.490. The number of halogens is 1. The first-order chi connectivity index (χ1) is 11.3. The van der Waals surface area contributed by atoms with Crippen LogP contribution in [0, 0.1) is 0 Å². The number of hydrogen-bond donors (Lipinski definition) is 1. The van der Waals surface area contributed by atoms with Crippen molar-refractivity contribution in [3.63, 3.8) is 0 Å². The van der Waals surface area contributed by atoms with Gasteiger partial charge in [-0.25, -0.2) is 19.4 Å². The van der Waals surface area contributed by atoms with Gasteiger partial charge in [0.25, 0.3) is 0 Å². The summed E-state index contributed by atoms with van der Waals surface area (Å²) in [5.74, 6) is 0.699. The molecule has 128 valence electrons. The lowest BCUT2D eigenvalue weighted by Crippen LogP contribution is -2.11.